The van der Waals surface area contributed by atoms with Crippen molar-refractivity contribution in [2.24, 2.45) is 17.8 Å². The van der Waals surface area contributed by atoms with E-state index in [2.05, 4.69) is 14.9 Å². The molecule has 2 aliphatic heterocycles. The van der Waals surface area contributed by atoms with Crippen LogP contribution in [0.5, 0.6) is 5.75 Å². The van der Waals surface area contributed by atoms with E-state index in [0.717, 1.165) is 69.3 Å². The van der Waals surface area contributed by atoms with Crippen molar-refractivity contribution in [3.63, 3.8) is 0 Å². The largest absolute Gasteiger partial charge is 0.487 e. The van der Waals surface area contributed by atoms with Crippen molar-refractivity contribution in [3.05, 3.63) is 70.3 Å². The summed E-state index contributed by atoms with van der Waals surface area (Å²) in [5.74, 6) is 0.117. The van der Waals surface area contributed by atoms with Gasteiger partial charge in [0.05, 0.1) is 11.8 Å². The number of nitrogens with zero attached hydrogens (tertiary/aromatic N) is 1. The Morgan fingerprint density at radius 1 is 1.07 bits per heavy atom. The molecule has 4 aliphatic rings. The van der Waals surface area contributed by atoms with Gasteiger partial charge >= 0.3 is 0 Å². The molecular formula is C33H42ClN3O5S. The molecule has 43 heavy (non-hydrogen) atoms. The number of nitrogens with one attached hydrogen (secondary N) is 2. The second-order valence-corrected chi connectivity index (χ2v) is 15.0. The summed E-state index contributed by atoms with van der Waals surface area (Å²) in [6, 6.07) is 11.2. The number of aliphatic hydroxyl groups is 1. The summed E-state index contributed by atoms with van der Waals surface area (Å²) in [6.45, 7) is 3.69. The summed E-state index contributed by atoms with van der Waals surface area (Å²) in [5, 5.41) is 14.2. The summed E-state index contributed by atoms with van der Waals surface area (Å²) < 4.78 is 36.0. The molecule has 2 saturated carbocycles. The van der Waals surface area contributed by atoms with Crippen molar-refractivity contribution < 1.29 is 23.1 Å². The van der Waals surface area contributed by atoms with Gasteiger partial charge in [-0.2, -0.15) is 0 Å². The Balaban J connectivity index is 1.37. The van der Waals surface area contributed by atoms with Crippen molar-refractivity contribution >= 4 is 33.2 Å². The van der Waals surface area contributed by atoms with E-state index in [1.165, 1.54) is 5.56 Å². The molecule has 2 bridgehead atoms. The SMILES string of the molecule is C[C@H]1C/C=C/[C@H](O)[C@@H]2CC[C@H]2CN2CCCCc3cc(Cl)ccc3COc3ccc(cc32)C(=O)NS(=O)(=O)[C@H]1NC1CC1. The molecule has 5 atom stereocenters. The van der Waals surface area contributed by atoms with Crippen LogP contribution >= 0.6 is 11.6 Å². The van der Waals surface area contributed by atoms with Crippen LogP contribution in [0.15, 0.2) is 48.6 Å². The normalized spacial score (nSPS) is 30.3. The van der Waals surface area contributed by atoms with Crippen molar-refractivity contribution in [2.45, 2.75) is 82.4 Å². The summed E-state index contributed by atoms with van der Waals surface area (Å²) in [6.07, 6.45) is 10.2. The minimum absolute atomic E-state index is 0.129. The third-order valence-corrected chi connectivity index (χ3v) is 11.5. The van der Waals surface area contributed by atoms with E-state index in [1.807, 2.05) is 37.3 Å². The van der Waals surface area contributed by atoms with Crippen LogP contribution in [0.3, 0.4) is 0 Å². The van der Waals surface area contributed by atoms with Gasteiger partial charge in [-0.05, 0) is 111 Å². The molecule has 2 fully saturated rings. The van der Waals surface area contributed by atoms with Crippen LogP contribution in [0.2, 0.25) is 5.02 Å². The Kier molecular flexibility index (Phi) is 9.06. The number of rotatable bonds is 2. The number of sulfonamides is 1. The molecule has 2 aromatic carbocycles. The molecule has 10 heteroatoms. The number of fused-ring (bicyclic) bond motifs is 3. The molecule has 6 rings (SSSR count). The summed E-state index contributed by atoms with van der Waals surface area (Å²) in [4.78, 5) is 15.8. The molecule has 8 nitrogen and oxygen atoms in total. The first-order valence-corrected chi connectivity index (χ1v) is 17.6. The maximum atomic E-state index is 13.6. The summed E-state index contributed by atoms with van der Waals surface area (Å²) in [7, 11) is -4.04. The number of halogens is 1. The fourth-order valence-corrected chi connectivity index (χ4v) is 8.42. The number of ether oxygens (including phenoxy) is 1. The molecule has 0 unspecified atom stereocenters. The van der Waals surface area contributed by atoms with Crippen LogP contribution in [-0.4, -0.2) is 50.0 Å². The van der Waals surface area contributed by atoms with Gasteiger partial charge in [-0.15, -0.1) is 0 Å². The van der Waals surface area contributed by atoms with Crippen LogP contribution in [0.1, 0.15) is 73.4 Å². The molecule has 1 amide bonds. The Hall–Kier alpha value is -2.59. The van der Waals surface area contributed by atoms with Gasteiger partial charge in [-0.1, -0.05) is 36.7 Å². The molecule has 232 valence electrons. The molecule has 2 aromatic rings. The summed E-state index contributed by atoms with van der Waals surface area (Å²) >= 11 is 6.31. The number of hydrogen-bond donors (Lipinski definition) is 3. The third-order valence-electron chi connectivity index (χ3n) is 9.51. The highest BCUT2D eigenvalue weighted by molar-refractivity contribution is 7.90. The van der Waals surface area contributed by atoms with Crippen LogP contribution in [0.25, 0.3) is 0 Å². The lowest BCUT2D eigenvalue weighted by atomic mass is 9.70. The Morgan fingerprint density at radius 3 is 2.67 bits per heavy atom. The number of carbonyl (C=O) groups is 1. The number of amides is 1. The Morgan fingerprint density at radius 2 is 1.91 bits per heavy atom. The maximum Gasteiger partial charge on any atom is 0.264 e. The summed E-state index contributed by atoms with van der Waals surface area (Å²) in [5.41, 5.74) is 3.29. The lowest BCUT2D eigenvalue weighted by molar-refractivity contribution is 0.0461. The number of carbonyl (C=O) groups excluding carboxylic acids is 1. The second-order valence-electron chi connectivity index (χ2n) is 12.8. The van der Waals surface area contributed by atoms with Crippen molar-refractivity contribution in [1.82, 2.24) is 10.0 Å². The number of allylic oxidation sites excluding steroid dienone is 1. The minimum atomic E-state index is -4.04. The van der Waals surface area contributed by atoms with Gasteiger partial charge in [-0.3, -0.25) is 10.1 Å². The van der Waals surface area contributed by atoms with Crippen molar-refractivity contribution in [2.75, 3.05) is 18.0 Å². The van der Waals surface area contributed by atoms with Gasteiger partial charge in [-0.25, -0.2) is 13.1 Å². The van der Waals surface area contributed by atoms with Gasteiger partial charge in [0.2, 0.25) is 0 Å². The molecule has 0 radical (unpaired) electrons. The first-order chi connectivity index (χ1) is 20.7. The van der Waals surface area contributed by atoms with Crippen molar-refractivity contribution in [1.29, 1.82) is 0 Å². The van der Waals surface area contributed by atoms with Gasteiger partial charge in [0, 0.05) is 29.7 Å². The van der Waals surface area contributed by atoms with Crippen LogP contribution in [-0.2, 0) is 23.1 Å². The Bertz CT molecular complexity index is 1480. The fourth-order valence-electron chi connectivity index (χ4n) is 6.63. The molecule has 0 aromatic heterocycles. The first-order valence-electron chi connectivity index (χ1n) is 15.6. The second kappa shape index (κ2) is 12.8. The van der Waals surface area contributed by atoms with Gasteiger partial charge in [0.1, 0.15) is 17.7 Å². The number of hydrogen-bond acceptors (Lipinski definition) is 7. The predicted octanol–water partition coefficient (Wildman–Crippen LogP) is 5.18. The van der Waals surface area contributed by atoms with E-state index in [1.54, 1.807) is 18.2 Å². The van der Waals surface area contributed by atoms with Gasteiger partial charge in [0.25, 0.3) is 15.9 Å². The lowest BCUT2D eigenvalue weighted by Gasteiger charge is -2.42. The van der Waals surface area contributed by atoms with Crippen LogP contribution < -0.4 is 19.7 Å². The van der Waals surface area contributed by atoms with Crippen LogP contribution in [0.4, 0.5) is 5.69 Å². The standard InChI is InChI=1S/C33H42ClN3O5S/c1-21-5-4-7-30(38)28-14-9-24(28)19-37-16-3-2-6-22-17-26(34)11-8-25(22)20-42-31-15-10-23(18-29(31)37)32(39)36-43(40,41)33(21)35-27-12-13-27/h4,7-8,10-11,15,17-18,21,24,27-28,30,33,35,38H,2-3,5-6,9,12-14,16,19-20H2,1H3,(H,36,39)/b7-4+/t21-,24-,28+,30-,33+/m0/s1. The number of benzene rings is 2. The fraction of sp³-hybridized carbons (Fsp3) is 0.545. The highest BCUT2D eigenvalue weighted by Gasteiger charge is 2.39. The lowest BCUT2D eigenvalue weighted by Crippen LogP contribution is -2.50. The molecule has 2 heterocycles. The number of anilines is 1. The zero-order valence-electron chi connectivity index (χ0n) is 24.7. The highest BCUT2D eigenvalue weighted by atomic mass is 35.5. The number of aryl methyl sites for hydroxylation is 1. The third kappa shape index (κ3) is 7.06. The smallest absolute Gasteiger partial charge is 0.264 e. The van der Waals surface area contributed by atoms with Gasteiger partial charge < -0.3 is 14.7 Å². The molecular weight excluding hydrogens is 586 g/mol. The van der Waals surface area contributed by atoms with Gasteiger partial charge in [0.15, 0.2) is 0 Å². The topological polar surface area (TPSA) is 108 Å². The molecule has 0 spiro atoms. The van der Waals surface area contributed by atoms with E-state index in [9.17, 15) is 18.3 Å². The zero-order valence-corrected chi connectivity index (χ0v) is 26.2. The maximum absolute atomic E-state index is 13.6. The van der Waals surface area contributed by atoms with E-state index in [-0.39, 0.29) is 23.4 Å². The van der Waals surface area contributed by atoms with E-state index in [4.69, 9.17) is 16.3 Å². The monoisotopic (exact) mass is 627 g/mol. The van der Waals surface area contributed by atoms with Crippen LogP contribution in [0, 0.1) is 17.8 Å². The average molecular weight is 628 g/mol. The predicted molar refractivity (Wildman–Crippen MR) is 169 cm³/mol. The molecule has 3 N–H and O–H groups in total. The highest BCUT2D eigenvalue weighted by Crippen LogP contribution is 2.41. The minimum Gasteiger partial charge on any atom is -0.487 e. The Labute approximate surface area is 259 Å². The average Bonchev–Trinajstić information content (AvgIpc) is 3.78. The quantitative estimate of drug-likeness (QED) is 0.394. The first kappa shape index (κ1) is 30.4. The van der Waals surface area contributed by atoms with E-state index >= 15 is 0 Å². The van der Waals surface area contributed by atoms with E-state index in [0.29, 0.717) is 29.7 Å². The zero-order chi connectivity index (χ0) is 30.1. The number of aliphatic hydroxyl groups excluding tert-OH is 1. The van der Waals surface area contributed by atoms with E-state index < -0.39 is 27.4 Å². The molecule has 0 saturated heterocycles. The van der Waals surface area contributed by atoms with Crippen molar-refractivity contribution in [3.8, 4) is 5.75 Å². The molecule has 2 aliphatic carbocycles.